The molecule has 1 heterocycles. The summed E-state index contributed by atoms with van der Waals surface area (Å²) in [6.07, 6.45) is 2.24. The lowest BCUT2D eigenvalue weighted by molar-refractivity contribution is 0.809. The summed E-state index contributed by atoms with van der Waals surface area (Å²) in [6, 6.07) is 13.8. The molecule has 3 nitrogen and oxygen atoms in total. The summed E-state index contributed by atoms with van der Waals surface area (Å²) in [5, 5.41) is 1.45. The second kappa shape index (κ2) is 7.70. The van der Waals surface area contributed by atoms with Crippen molar-refractivity contribution in [3.8, 4) is 5.69 Å². The number of aryl methyl sites for hydroxylation is 1. The van der Waals surface area contributed by atoms with Gasteiger partial charge in [0.25, 0.3) is 5.56 Å². The maximum absolute atomic E-state index is 13.2. The predicted octanol–water partition coefficient (Wildman–Crippen LogP) is 5.19. The predicted molar refractivity (Wildman–Crippen MR) is 110 cm³/mol. The number of hydrogen-bond acceptors (Lipinski definition) is 3. The van der Waals surface area contributed by atoms with Gasteiger partial charge >= 0.3 is 0 Å². The fourth-order valence-corrected chi connectivity index (χ4v) is 4.15. The first kappa shape index (κ1) is 17.5. The Bertz CT molecular complexity index is 936. The van der Waals surface area contributed by atoms with Gasteiger partial charge in [0.15, 0.2) is 5.16 Å². The molecule has 0 radical (unpaired) electrons. The summed E-state index contributed by atoms with van der Waals surface area (Å²) in [6.45, 7) is 4.20. The van der Waals surface area contributed by atoms with Crippen LogP contribution in [0.2, 0.25) is 0 Å². The van der Waals surface area contributed by atoms with E-state index in [1.165, 1.54) is 0 Å². The van der Waals surface area contributed by atoms with Crippen LogP contribution in [0.4, 0.5) is 0 Å². The Labute approximate surface area is 159 Å². The molecule has 3 rings (SSSR count). The molecule has 0 aliphatic rings. The first-order chi connectivity index (χ1) is 11.6. The molecule has 0 bridgehead atoms. The van der Waals surface area contributed by atoms with E-state index in [-0.39, 0.29) is 5.56 Å². The van der Waals surface area contributed by atoms with Crippen LogP contribution < -0.4 is 5.56 Å². The number of rotatable bonds is 5. The average molecular weight is 450 g/mol. The van der Waals surface area contributed by atoms with E-state index in [2.05, 4.69) is 29.5 Å². The Morgan fingerprint density at radius 1 is 1.21 bits per heavy atom. The van der Waals surface area contributed by atoms with E-state index < -0.39 is 0 Å². The zero-order chi connectivity index (χ0) is 17.1. The monoisotopic (exact) mass is 450 g/mol. The number of aromatic nitrogens is 2. The van der Waals surface area contributed by atoms with Gasteiger partial charge in [-0.1, -0.05) is 43.3 Å². The summed E-state index contributed by atoms with van der Waals surface area (Å²) in [7, 11) is 0. The second-order valence-electron chi connectivity index (χ2n) is 5.68. The Hall–Kier alpha value is -1.34. The molecule has 24 heavy (non-hydrogen) atoms. The highest BCUT2D eigenvalue weighted by Crippen LogP contribution is 2.24. The van der Waals surface area contributed by atoms with Crippen LogP contribution in [0.5, 0.6) is 0 Å². The number of benzene rings is 2. The molecule has 0 N–H and O–H groups in total. The molecule has 5 heteroatoms. The van der Waals surface area contributed by atoms with Gasteiger partial charge in [-0.3, -0.25) is 9.36 Å². The molecular formula is C19H19IN2OS. The van der Waals surface area contributed by atoms with Crippen molar-refractivity contribution in [2.75, 3.05) is 5.75 Å². The first-order valence-electron chi connectivity index (χ1n) is 8.03. The zero-order valence-corrected chi connectivity index (χ0v) is 16.7. The molecular weight excluding hydrogens is 431 g/mol. The Morgan fingerprint density at radius 2 is 2.00 bits per heavy atom. The van der Waals surface area contributed by atoms with E-state index in [0.717, 1.165) is 44.1 Å². The van der Waals surface area contributed by atoms with E-state index >= 15 is 0 Å². The van der Waals surface area contributed by atoms with Crippen LogP contribution >= 0.6 is 34.4 Å². The lowest BCUT2D eigenvalue weighted by Gasteiger charge is -2.15. The van der Waals surface area contributed by atoms with Gasteiger partial charge in [0.2, 0.25) is 0 Å². The van der Waals surface area contributed by atoms with Gasteiger partial charge in [0.1, 0.15) is 0 Å². The molecule has 2 aromatic carbocycles. The largest absolute Gasteiger partial charge is 0.268 e. The van der Waals surface area contributed by atoms with Crippen LogP contribution in [0.15, 0.2) is 52.4 Å². The van der Waals surface area contributed by atoms with Crippen LogP contribution in [0.3, 0.4) is 0 Å². The van der Waals surface area contributed by atoms with E-state index in [4.69, 9.17) is 4.98 Å². The van der Waals surface area contributed by atoms with Gasteiger partial charge in [0.05, 0.1) is 16.6 Å². The number of fused-ring (bicyclic) bond motifs is 1. The highest BCUT2D eigenvalue weighted by Gasteiger charge is 2.14. The van der Waals surface area contributed by atoms with Gasteiger partial charge < -0.3 is 0 Å². The molecule has 1 aromatic heterocycles. The van der Waals surface area contributed by atoms with Crippen molar-refractivity contribution < 1.29 is 0 Å². The van der Waals surface area contributed by atoms with Gasteiger partial charge in [-0.25, -0.2) is 4.98 Å². The Morgan fingerprint density at radius 3 is 2.75 bits per heavy atom. The summed E-state index contributed by atoms with van der Waals surface area (Å²) < 4.78 is 2.82. The van der Waals surface area contributed by atoms with E-state index in [1.54, 1.807) is 16.3 Å². The number of halogens is 1. The lowest BCUT2D eigenvalue weighted by Crippen LogP contribution is -2.22. The molecule has 0 saturated heterocycles. The maximum atomic E-state index is 13.2. The molecule has 0 saturated carbocycles. The quantitative estimate of drug-likeness (QED) is 0.232. The number of thioether (sulfide) groups is 1. The third-order valence-electron chi connectivity index (χ3n) is 3.88. The van der Waals surface area contributed by atoms with Gasteiger partial charge in [-0.2, -0.15) is 0 Å². The molecule has 0 fully saturated rings. The van der Waals surface area contributed by atoms with Crippen LogP contribution in [0.25, 0.3) is 16.6 Å². The lowest BCUT2D eigenvalue weighted by atomic mass is 10.2. The molecule has 0 spiro atoms. The minimum atomic E-state index is 0.00631. The highest BCUT2D eigenvalue weighted by molar-refractivity contribution is 14.1. The summed E-state index contributed by atoms with van der Waals surface area (Å²) in [5.74, 6) is 0.963. The number of unbranched alkanes of at least 4 members (excludes halogenated alkanes) is 1. The van der Waals surface area contributed by atoms with Crippen molar-refractivity contribution in [3.05, 3.63) is 62.0 Å². The minimum absolute atomic E-state index is 0.00631. The third-order valence-corrected chi connectivity index (χ3v) is 5.58. The van der Waals surface area contributed by atoms with Gasteiger partial charge in [-0.05, 0) is 65.8 Å². The second-order valence-corrected chi connectivity index (χ2v) is 7.99. The summed E-state index contributed by atoms with van der Waals surface area (Å²) in [5.41, 5.74) is 2.76. The van der Waals surface area contributed by atoms with Crippen molar-refractivity contribution >= 4 is 45.3 Å². The SMILES string of the molecule is CCCCSc1nc2ccc(I)cc2c(=O)n1-c1ccccc1C. The Balaban J connectivity index is 2.26. The maximum Gasteiger partial charge on any atom is 0.266 e. The van der Waals surface area contributed by atoms with E-state index in [1.807, 2.05) is 49.4 Å². The first-order valence-corrected chi connectivity index (χ1v) is 10.1. The van der Waals surface area contributed by atoms with E-state index in [9.17, 15) is 4.79 Å². The topological polar surface area (TPSA) is 34.9 Å². The van der Waals surface area contributed by atoms with Crippen molar-refractivity contribution in [3.63, 3.8) is 0 Å². The van der Waals surface area contributed by atoms with Crippen LogP contribution in [-0.2, 0) is 0 Å². The fourth-order valence-electron chi connectivity index (χ4n) is 2.57. The highest BCUT2D eigenvalue weighted by atomic mass is 127. The molecule has 0 aliphatic heterocycles. The van der Waals surface area contributed by atoms with Gasteiger partial charge in [0, 0.05) is 9.32 Å². The van der Waals surface area contributed by atoms with Crippen LogP contribution in [0, 0.1) is 10.5 Å². The molecule has 3 aromatic rings. The van der Waals surface area contributed by atoms with E-state index in [0.29, 0.717) is 5.39 Å². The minimum Gasteiger partial charge on any atom is -0.268 e. The molecule has 0 atom stereocenters. The smallest absolute Gasteiger partial charge is 0.266 e. The van der Waals surface area contributed by atoms with Crippen LogP contribution in [-0.4, -0.2) is 15.3 Å². The fraction of sp³-hybridized carbons (Fsp3) is 0.263. The van der Waals surface area contributed by atoms with Crippen molar-refractivity contribution in [1.82, 2.24) is 9.55 Å². The summed E-state index contributed by atoms with van der Waals surface area (Å²) >= 11 is 3.89. The summed E-state index contributed by atoms with van der Waals surface area (Å²) in [4.78, 5) is 18.0. The zero-order valence-electron chi connectivity index (χ0n) is 13.8. The number of para-hydroxylation sites is 1. The Kier molecular flexibility index (Phi) is 5.61. The number of nitrogens with zero attached hydrogens (tertiary/aromatic N) is 2. The van der Waals surface area contributed by atoms with Gasteiger partial charge in [-0.15, -0.1) is 0 Å². The van der Waals surface area contributed by atoms with Crippen molar-refractivity contribution in [2.24, 2.45) is 0 Å². The number of hydrogen-bond donors (Lipinski definition) is 0. The van der Waals surface area contributed by atoms with Crippen molar-refractivity contribution in [2.45, 2.75) is 31.8 Å². The third kappa shape index (κ3) is 3.52. The van der Waals surface area contributed by atoms with Crippen molar-refractivity contribution in [1.29, 1.82) is 0 Å². The molecule has 0 amide bonds. The standard InChI is InChI=1S/C19H19IN2OS/c1-3-4-11-24-19-21-16-10-9-14(20)12-15(16)18(23)22(19)17-8-6-5-7-13(17)2/h5-10,12H,3-4,11H2,1-2H3. The normalized spacial score (nSPS) is 11.1. The molecule has 0 unspecified atom stereocenters. The van der Waals surface area contributed by atoms with Crippen LogP contribution in [0.1, 0.15) is 25.3 Å². The molecule has 0 aliphatic carbocycles. The molecule has 124 valence electrons. The average Bonchev–Trinajstić information content (AvgIpc) is 2.57.